The summed E-state index contributed by atoms with van der Waals surface area (Å²) in [7, 11) is 0. The molecule has 380 valence electrons. The molecule has 0 spiro atoms. The first-order valence-electron chi connectivity index (χ1n) is 28.4. The van der Waals surface area contributed by atoms with E-state index in [2.05, 4.69) is 74.7 Å². The third-order valence-electron chi connectivity index (χ3n) is 13.0. The van der Waals surface area contributed by atoms with E-state index in [4.69, 9.17) is 4.74 Å². The maximum absolute atomic E-state index is 13.3. The minimum atomic E-state index is -0.798. The maximum atomic E-state index is 13.3. The summed E-state index contributed by atoms with van der Waals surface area (Å²) in [5.74, 6) is -0.500. The average molecular weight is 913 g/mol. The lowest BCUT2D eigenvalue weighted by Crippen LogP contribution is -2.46. The highest BCUT2D eigenvalue weighted by molar-refractivity contribution is 5.77. The third-order valence-corrected chi connectivity index (χ3v) is 13.0. The second-order valence-corrected chi connectivity index (χ2v) is 19.4. The Morgan fingerprint density at radius 1 is 0.446 bits per heavy atom. The fourth-order valence-corrected chi connectivity index (χ4v) is 8.68. The number of hydrogen-bond donors (Lipinski definition) is 3. The number of aliphatic hydroxyl groups excluding tert-OH is 2. The molecule has 6 heteroatoms. The molecular weight excluding hydrogens is 803 g/mol. The number of hydrogen-bond acceptors (Lipinski definition) is 5. The number of aliphatic hydroxyl groups is 2. The van der Waals surface area contributed by atoms with Crippen LogP contribution in [0, 0.1) is 0 Å². The van der Waals surface area contributed by atoms with E-state index in [-0.39, 0.29) is 24.9 Å². The van der Waals surface area contributed by atoms with Gasteiger partial charge in [-0.25, -0.2) is 0 Å². The summed E-state index contributed by atoms with van der Waals surface area (Å²) >= 11 is 0. The number of nitrogens with one attached hydrogen (secondary N) is 1. The first kappa shape index (κ1) is 62.8. The lowest BCUT2D eigenvalue weighted by molar-refractivity contribution is -0.151. The molecule has 0 saturated heterocycles. The van der Waals surface area contributed by atoms with Gasteiger partial charge >= 0.3 is 5.97 Å². The van der Waals surface area contributed by atoms with E-state index in [0.717, 1.165) is 70.6 Å². The SMILES string of the molecule is CCCCC/C=C/C=C/C=C/C=C/CCCCCC(CC(=O)NC(CO)C(O)CCCCCCCCCCCCCCCCC)OC(=O)CCCCCCCCCCCCCCCCC. The van der Waals surface area contributed by atoms with Crippen molar-refractivity contribution in [2.45, 2.75) is 309 Å². The Kier molecular flexibility index (Phi) is 51.0. The minimum absolute atomic E-state index is 0.0545. The Balaban J connectivity index is 4.62. The molecule has 0 radical (unpaired) electrons. The molecule has 0 bridgehead atoms. The molecule has 0 aromatic heterocycles. The van der Waals surface area contributed by atoms with Crippen LogP contribution in [0.15, 0.2) is 48.6 Å². The van der Waals surface area contributed by atoms with Gasteiger partial charge in [-0.05, 0) is 51.4 Å². The molecular formula is C59H109NO5. The summed E-state index contributed by atoms with van der Waals surface area (Å²) in [4.78, 5) is 26.2. The molecule has 0 rings (SSSR count). The second-order valence-electron chi connectivity index (χ2n) is 19.4. The predicted molar refractivity (Wildman–Crippen MR) is 282 cm³/mol. The van der Waals surface area contributed by atoms with E-state index >= 15 is 0 Å². The summed E-state index contributed by atoms with van der Waals surface area (Å²) in [5, 5.41) is 23.9. The van der Waals surface area contributed by atoms with Crippen LogP contribution in [0.25, 0.3) is 0 Å². The molecule has 0 heterocycles. The molecule has 0 aromatic rings. The number of rotatable bonds is 51. The summed E-state index contributed by atoms with van der Waals surface area (Å²) in [6.07, 6.45) is 64.5. The summed E-state index contributed by atoms with van der Waals surface area (Å²) in [6.45, 7) is 6.46. The Morgan fingerprint density at radius 2 is 0.785 bits per heavy atom. The molecule has 0 aliphatic rings. The zero-order valence-electron chi connectivity index (χ0n) is 43.4. The normalized spacial score (nSPS) is 13.5. The van der Waals surface area contributed by atoms with Gasteiger partial charge in [0, 0.05) is 6.42 Å². The van der Waals surface area contributed by atoms with Crippen LogP contribution in [0.5, 0.6) is 0 Å². The van der Waals surface area contributed by atoms with Gasteiger partial charge in [0.15, 0.2) is 0 Å². The summed E-state index contributed by atoms with van der Waals surface area (Å²) < 4.78 is 5.94. The van der Waals surface area contributed by atoms with Gasteiger partial charge in [-0.3, -0.25) is 9.59 Å². The number of carbonyl (C=O) groups is 2. The van der Waals surface area contributed by atoms with Gasteiger partial charge in [0.25, 0.3) is 0 Å². The van der Waals surface area contributed by atoms with Crippen LogP contribution < -0.4 is 5.32 Å². The van der Waals surface area contributed by atoms with Crippen molar-refractivity contribution in [3.05, 3.63) is 48.6 Å². The molecule has 65 heavy (non-hydrogen) atoms. The highest BCUT2D eigenvalue weighted by Crippen LogP contribution is 2.18. The highest BCUT2D eigenvalue weighted by atomic mass is 16.5. The standard InChI is InChI=1S/C59H109NO5/c1-4-7-10-13-16-19-22-25-28-31-32-35-38-41-44-47-50-55(65-59(64)52-49-46-43-40-37-34-30-27-24-21-18-15-12-9-6-3)53-58(63)60-56(54-61)57(62)51-48-45-42-39-36-33-29-26-23-20-17-14-11-8-5-2/h16,19,22,25,28,31-32,35,55-57,61-62H,4-15,17-18,20-21,23-24,26-27,29-30,33-34,36-54H2,1-3H3,(H,60,63)/b19-16+,25-22+,31-28+,35-32+. The fraction of sp³-hybridized carbons (Fsp3) is 0.831. The Morgan fingerprint density at radius 3 is 1.22 bits per heavy atom. The number of ether oxygens (including phenoxy) is 1. The van der Waals surface area contributed by atoms with E-state index in [1.54, 1.807) is 0 Å². The topological polar surface area (TPSA) is 95.9 Å². The van der Waals surface area contributed by atoms with Crippen LogP contribution in [0.3, 0.4) is 0 Å². The number of carbonyl (C=O) groups excluding carboxylic acids is 2. The van der Waals surface area contributed by atoms with Gasteiger partial charge in [-0.15, -0.1) is 0 Å². The Labute approximate surface area is 404 Å². The highest BCUT2D eigenvalue weighted by Gasteiger charge is 2.24. The van der Waals surface area contributed by atoms with Crippen molar-refractivity contribution < 1.29 is 24.5 Å². The van der Waals surface area contributed by atoms with E-state index in [0.29, 0.717) is 19.3 Å². The molecule has 0 aliphatic carbocycles. The van der Waals surface area contributed by atoms with Crippen molar-refractivity contribution in [3.8, 4) is 0 Å². The largest absolute Gasteiger partial charge is 0.462 e. The first-order valence-corrected chi connectivity index (χ1v) is 28.4. The number of unbranched alkanes of at least 4 members (excludes halogenated alkanes) is 34. The Bertz CT molecular complexity index is 1110. The second kappa shape index (κ2) is 52.8. The molecule has 3 atom stereocenters. The van der Waals surface area contributed by atoms with E-state index in [1.807, 2.05) is 0 Å². The zero-order chi connectivity index (χ0) is 47.4. The number of allylic oxidation sites excluding steroid dienone is 8. The smallest absolute Gasteiger partial charge is 0.306 e. The van der Waals surface area contributed by atoms with E-state index in [9.17, 15) is 19.8 Å². The fourth-order valence-electron chi connectivity index (χ4n) is 8.68. The Hall–Kier alpha value is -2.18. The van der Waals surface area contributed by atoms with Crippen molar-refractivity contribution >= 4 is 11.9 Å². The van der Waals surface area contributed by atoms with Crippen LogP contribution in [-0.2, 0) is 14.3 Å². The first-order chi connectivity index (χ1) is 32.0. The van der Waals surface area contributed by atoms with Gasteiger partial charge in [0.05, 0.1) is 25.2 Å². The van der Waals surface area contributed by atoms with Crippen molar-refractivity contribution in [3.63, 3.8) is 0 Å². The lowest BCUT2D eigenvalue weighted by atomic mass is 10.0. The molecule has 0 saturated carbocycles. The number of esters is 1. The average Bonchev–Trinajstić information content (AvgIpc) is 3.30. The van der Waals surface area contributed by atoms with Crippen molar-refractivity contribution in [2.24, 2.45) is 0 Å². The molecule has 1 amide bonds. The summed E-state index contributed by atoms with van der Waals surface area (Å²) in [5.41, 5.74) is 0. The van der Waals surface area contributed by atoms with Gasteiger partial charge in [-0.1, -0.05) is 275 Å². The minimum Gasteiger partial charge on any atom is -0.462 e. The molecule has 6 nitrogen and oxygen atoms in total. The van der Waals surface area contributed by atoms with E-state index in [1.165, 1.54) is 173 Å². The molecule has 3 unspecified atom stereocenters. The van der Waals surface area contributed by atoms with Crippen LogP contribution in [-0.4, -0.2) is 46.9 Å². The van der Waals surface area contributed by atoms with Gasteiger partial charge in [0.2, 0.25) is 5.91 Å². The molecule has 0 fully saturated rings. The van der Waals surface area contributed by atoms with Crippen molar-refractivity contribution in [1.82, 2.24) is 5.32 Å². The quantitative estimate of drug-likeness (QED) is 0.0321. The van der Waals surface area contributed by atoms with Crippen LogP contribution in [0.4, 0.5) is 0 Å². The monoisotopic (exact) mass is 912 g/mol. The molecule has 0 aromatic carbocycles. The zero-order valence-corrected chi connectivity index (χ0v) is 43.4. The van der Waals surface area contributed by atoms with Crippen molar-refractivity contribution in [1.29, 1.82) is 0 Å². The maximum Gasteiger partial charge on any atom is 0.306 e. The molecule has 3 N–H and O–H groups in total. The van der Waals surface area contributed by atoms with Gasteiger partial charge in [0.1, 0.15) is 6.10 Å². The lowest BCUT2D eigenvalue weighted by Gasteiger charge is -2.24. The summed E-state index contributed by atoms with van der Waals surface area (Å²) in [6, 6.07) is -0.714. The van der Waals surface area contributed by atoms with Crippen molar-refractivity contribution in [2.75, 3.05) is 6.61 Å². The third kappa shape index (κ3) is 48.1. The van der Waals surface area contributed by atoms with Crippen LogP contribution in [0.1, 0.15) is 290 Å². The van der Waals surface area contributed by atoms with E-state index < -0.39 is 18.2 Å². The van der Waals surface area contributed by atoms with Gasteiger partial charge < -0.3 is 20.3 Å². The number of amides is 1. The van der Waals surface area contributed by atoms with Crippen LogP contribution >= 0.6 is 0 Å². The predicted octanol–water partition coefficient (Wildman–Crippen LogP) is 17.4. The van der Waals surface area contributed by atoms with Gasteiger partial charge in [-0.2, -0.15) is 0 Å². The molecule has 0 aliphatic heterocycles. The van der Waals surface area contributed by atoms with Crippen LogP contribution in [0.2, 0.25) is 0 Å².